The van der Waals surface area contributed by atoms with Gasteiger partial charge in [0.2, 0.25) is 0 Å². The van der Waals surface area contributed by atoms with Crippen LogP contribution in [0.2, 0.25) is 0 Å². The summed E-state index contributed by atoms with van der Waals surface area (Å²) in [6, 6.07) is 8.61. The Morgan fingerprint density at radius 3 is 2.63 bits per heavy atom. The van der Waals surface area contributed by atoms with Gasteiger partial charge in [-0.3, -0.25) is 4.79 Å². The molecule has 0 bridgehead atoms. The van der Waals surface area contributed by atoms with Gasteiger partial charge >= 0.3 is 0 Å². The van der Waals surface area contributed by atoms with Crippen LogP contribution in [0.25, 0.3) is 0 Å². The third-order valence-electron chi connectivity index (χ3n) is 3.21. The summed E-state index contributed by atoms with van der Waals surface area (Å²) in [6.45, 7) is 0.692. The zero-order valence-electron chi connectivity index (χ0n) is 10.1. The number of rotatable bonds is 5. The first-order chi connectivity index (χ1) is 9.04. The number of carbonyl (C=O) groups excluding carboxylic acids is 1. The summed E-state index contributed by atoms with van der Waals surface area (Å²) < 4.78 is 29.3. The molecule has 1 aromatic carbocycles. The van der Waals surface area contributed by atoms with Crippen LogP contribution in [0.4, 0.5) is 0 Å². The molecule has 1 saturated heterocycles. The first-order valence-corrected chi connectivity index (χ1v) is 8.16. The van der Waals surface area contributed by atoms with Gasteiger partial charge in [-0.25, -0.2) is 0 Å². The highest BCUT2D eigenvalue weighted by Crippen LogP contribution is 2.34. The average molecular weight is 304 g/mol. The van der Waals surface area contributed by atoms with Gasteiger partial charge in [0.25, 0.3) is 15.7 Å². The van der Waals surface area contributed by atoms with Crippen LogP contribution in [-0.2, 0) is 18.8 Å². The second-order valence-electron chi connectivity index (χ2n) is 4.33. The summed E-state index contributed by atoms with van der Waals surface area (Å²) in [6.07, 6.45) is 0.677. The molecule has 19 heavy (non-hydrogen) atoms. The number of ether oxygens (including phenoxy) is 1. The molecule has 2 unspecified atom stereocenters. The molecule has 0 saturated carbocycles. The minimum atomic E-state index is -3.81. The van der Waals surface area contributed by atoms with Crippen molar-refractivity contribution < 1.29 is 17.9 Å². The minimum absolute atomic E-state index is 0.342. The van der Waals surface area contributed by atoms with E-state index < -0.39 is 21.4 Å². The predicted octanol–water partition coefficient (Wildman–Crippen LogP) is 1.85. The maximum absolute atomic E-state index is 11.5. The lowest BCUT2D eigenvalue weighted by molar-refractivity contribution is -0.136. The van der Waals surface area contributed by atoms with Gasteiger partial charge < -0.3 is 4.74 Å². The largest absolute Gasteiger partial charge is 0.458 e. The first kappa shape index (κ1) is 14.3. The van der Waals surface area contributed by atoms with Crippen LogP contribution in [-0.4, -0.2) is 31.8 Å². The Morgan fingerprint density at radius 1 is 1.37 bits per heavy atom. The van der Waals surface area contributed by atoms with Crippen molar-refractivity contribution >= 4 is 26.4 Å². The van der Waals surface area contributed by atoms with Crippen LogP contribution in [0, 0.1) is 0 Å². The fourth-order valence-corrected chi connectivity index (χ4v) is 3.83. The van der Waals surface area contributed by atoms with E-state index in [1.54, 1.807) is 12.1 Å². The molecule has 0 radical (unpaired) electrons. The van der Waals surface area contributed by atoms with E-state index in [1.165, 1.54) is 4.31 Å². The van der Waals surface area contributed by atoms with E-state index in [1.807, 2.05) is 18.2 Å². The SMILES string of the molecule is O=COC(c1ccccc1)C1CCCN1S(=O)(=O)Cl. The van der Waals surface area contributed by atoms with Gasteiger partial charge in [0, 0.05) is 17.2 Å². The minimum Gasteiger partial charge on any atom is -0.458 e. The zero-order chi connectivity index (χ0) is 13.9. The Bertz CT molecular complexity index is 534. The number of hydrogen-bond acceptors (Lipinski definition) is 4. The molecular formula is C12H14ClNO4S. The van der Waals surface area contributed by atoms with Gasteiger partial charge in [0.1, 0.15) is 6.10 Å². The van der Waals surface area contributed by atoms with Crippen molar-refractivity contribution in [2.45, 2.75) is 25.0 Å². The third-order valence-corrected chi connectivity index (χ3v) is 4.75. The van der Waals surface area contributed by atoms with E-state index in [-0.39, 0.29) is 0 Å². The maximum atomic E-state index is 11.5. The number of hydrogen-bond donors (Lipinski definition) is 0. The molecule has 0 N–H and O–H groups in total. The van der Waals surface area contributed by atoms with Crippen LogP contribution in [0.5, 0.6) is 0 Å². The van der Waals surface area contributed by atoms with Crippen molar-refractivity contribution in [3.8, 4) is 0 Å². The van der Waals surface area contributed by atoms with Gasteiger partial charge in [0.15, 0.2) is 0 Å². The molecule has 0 aromatic heterocycles. The lowest BCUT2D eigenvalue weighted by Gasteiger charge is -2.28. The molecule has 1 heterocycles. The van der Waals surface area contributed by atoms with Gasteiger partial charge in [-0.05, 0) is 18.4 Å². The Morgan fingerprint density at radius 2 is 2.05 bits per heavy atom. The van der Waals surface area contributed by atoms with Gasteiger partial charge in [-0.15, -0.1) is 0 Å². The highest BCUT2D eigenvalue weighted by atomic mass is 35.7. The second kappa shape index (κ2) is 5.90. The van der Waals surface area contributed by atoms with Crippen molar-refractivity contribution in [1.29, 1.82) is 0 Å². The van der Waals surface area contributed by atoms with Crippen molar-refractivity contribution in [1.82, 2.24) is 4.31 Å². The molecule has 1 fully saturated rings. The van der Waals surface area contributed by atoms with E-state index in [4.69, 9.17) is 15.4 Å². The monoisotopic (exact) mass is 303 g/mol. The number of benzene rings is 1. The van der Waals surface area contributed by atoms with Gasteiger partial charge in [-0.1, -0.05) is 30.3 Å². The lowest BCUT2D eigenvalue weighted by atomic mass is 10.0. The molecule has 1 aliphatic rings. The average Bonchev–Trinajstić information content (AvgIpc) is 2.86. The van der Waals surface area contributed by atoms with E-state index in [0.29, 0.717) is 25.9 Å². The number of carbonyl (C=O) groups is 1. The fraction of sp³-hybridized carbons (Fsp3) is 0.417. The lowest BCUT2D eigenvalue weighted by Crippen LogP contribution is -2.37. The molecule has 5 nitrogen and oxygen atoms in total. The van der Waals surface area contributed by atoms with Gasteiger partial charge in [0.05, 0.1) is 6.04 Å². The number of nitrogens with zero attached hydrogens (tertiary/aromatic N) is 1. The Balaban J connectivity index is 2.31. The molecular weight excluding hydrogens is 290 g/mol. The van der Waals surface area contributed by atoms with Crippen LogP contribution in [0.15, 0.2) is 30.3 Å². The van der Waals surface area contributed by atoms with E-state index >= 15 is 0 Å². The summed E-state index contributed by atoms with van der Waals surface area (Å²) >= 11 is 0. The second-order valence-corrected chi connectivity index (χ2v) is 6.79. The molecule has 1 aromatic rings. The number of halogens is 1. The Labute approximate surface area is 116 Å². The quantitative estimate of drug-likeness (QED) is 0.615. The van der Waals surface area contributed by atoms with Crippen molar-refractivity contribution in [2.75, 3.05) is 6.54 Å². The first-order valence-electron chi connectivity index (χ1n) is 5.89. The van der Waals surface area contributed by atoms with Crippen molar-refractivity contribution in [3.05, 3.63) is 35.9 Å². The standard InChI is InChI=1S/C12H14ClNO4S/c13-19(16,17)14-8-4-7-11(14)12(18-9-15)10-5-2-1-3-6-10/h1-3,5-6,9,11-12H,4,7-8H2. The molecule has 0 amide bonds. The summed E-state index contributed by atoms with van der Waals surface area (Å²) in [5.74, 6) is 0. The Kier molecular flexibility index (Phi) is 4.44. The summed E-state index contributed by atoms with van der Waals surface area (Å²) in [5, 5.41) is 0. The normalized spacial score (nSPS) is 22.1. The van der Waals surface area contributed by atoms with Crippen LogP contribution < -0.4 is 0 Å². The maximum Gasteiger partial charge on any atom is 0.300 e. The van der Waals surface area contributed by atoms with Crippen molar-refractivity contribution in [2.24, 2.45) is 0 Å². The topological polar surface area (TPSA) is 63.7 Å². The molecule has 0 spiro atoms. The van der Waals surface area contributed by atoms with E-state index in [9.17, 15) is 13.2 Å². The van der Waals surface area contributed by atoms with Crippen molar-refractivity contribution in [3.63, 3.8) is 0 Å². The smallest absolute Gasteiger partial charge is 0.300 e. The zero-order valence-corrected chi connectivity index (χ0v) is 11.7. The third kappa shape index (κ3) is 3.26. The highest BCUT2D eigenvalue weighted by molar-refractivity contribution is 8.11. The molecule has 1 aliphatic heterocycles. The molecule has 7 heteroatoms. The molecule has 104 valence electrons. The van der Waals surface area contributed by atoms with E-state index in [0.717, 1.165) is 5.56 Å². The van der Waals surface area contributed by atoms with Gasteiger partial charge in [-0.2, -0.15) is 12.7 Å². The highest BCUT2D eigenvalue weighted by Gasteiger charge is 2.39. The fourth-order valence-electron chi connectivity index (χ4n) is 2.43. The molecule has 0 aliphatic carbocycles. The van der Waals surface area contributed by atoms with E-state index in [2.05, 4.69) is 0 Å². The van der Waals surface area contributed by atoms with Crippen LogP contribution >= 0.6 is 10.7 Å². The summed E-state index contributed by atoms with van der Waals surface area (Å²) in [7, 11) is 1.61. The predicted molar refractivity (Wildman–Crippen MR) is 70.8 cm³/mol. The molecule has 2 atom stereocenters. The molecule has 2 rings (SSSR count). The summed E-state index contributed by atoms with van der Waals surface area (Å²) in [4.78, 5) is 10.7. The van der Waals surface area contributed by atoms with Crippen LogP contribution in [0.3, 0.4) is 0 Å². The van der Waals surface area contributed by atoms with Crippen LogP contribution in [0.1, 0.15) is 24.5 Å². The Hall–Kier alpha value is -1.11. The summed E-state index contributed by atoms with van der Waals surface area (Å²) in [5.41, 5.74) is 0.756.